The number of aliphatic carboxylic acids is 1. The number of rotatable bonds is 4. The van der Waals surface area contributed by atoms with Crippen molar-refractivity contribution in [1.29, 1.82) is 5.26 Å². The van der Waals surface area contributed by atoms with Crippen LogP contribution >= 0.6 is 11.8 Å². The summed E-state index contributed by atoms with van der Waals surface area (Å²) in [6.45, 7) is 0. The minimum absolute atomic E-state index is 0.0527. The number of carbonyl (C=O) groups is 1. The van der Waals surface area contributed by atoms with Crippen molar-refractivity contribution in [3.8, 4) is 11.8 Å². The Morgan fingerprint density at radius 2 is 2.37 bits per heavy atom. The maximum absolute atomic E-state index is 13.8. The minimum atomic E-state index is -1.03. The number of thioether (sulfide) groups is 1. The molecule has 0 saturated heterocycles. The van der Waals surface area contributed by atoms with E-state index >= 15 is 0 Å². The molecule has 1 aromatic carbocycles. The molecule has 1 heterocycles. The van der Waals surface area contributed by atoms with Gasteiger partial charge in [0.15, 0.2) is 0 Å². The fourth-order valence-electron chi connectivity index (χ4n) is 1.29. The van der Waals surface area contributed by atoms with Crippen LogP contribution < -0.4 is 0 Å². The molecule has 0 radical (unpaired) electrons. The number of benzene rings is 1. The van der Waals surface area contributed by atoms with Crippen molar-refractivity contribution in [2.24, 2.45) is 0 Å². The molecule has 19 heavy (non-hydrogen) atoms. The molecule has 0 bridgehead atoms. The molecule has 0 aliphatic rings. The van der Waals surface area contributed by atoms with Crippen molar-refractivity contribution in [2.75, 3.05) is 5.75 Å². The van der Waals surface area contributed by atoms with Crippen molar-refractivity contribution in [1.82, 2.24) is 20.2 Å². The van der Waals surface area contributed by atoms with E-state index in [4.69, 9.17) is 10.4 Å². The fourth-order valence-corrected chi connectivity index (χ4v) is 1.90. The van der Waals surface area contributed by atoms with E-state index in [1.54, 1.807) is 0 Å². The Labute approximate surface area is 110 Å². The molecule has 7 nitrogen and oxygen atoms in total. The van der Waals surface area contributed by atoms with Crippen LogP contribution in [-0.2, 0) is 4.79 Å². The highest BCUT2D eigenvalue weighted by Gasteiger charge is 2.14. The van der Waals surface area contributed by atoms with E-state index < -0.39 is 11.8 Å². The van der Waals surface area contributed by atoms with E-state index in [1.807, 2.05) is 6.07 Å². The minimum Gasteiger partial charge on any atom is -0.481 e. The monoisotopic (exact) mass is 279 g/mol. The Morgan fingerprint density at radius 1 is 1.58 bits per heavy atom. The molecule has 9 heteroatoms. The van der Waals surface area contributed by atoms with Gasteiger partial charge in [-0.1, -0.05) is 11.8 Å². The van der Waals surface area contributed by atoms with Gasteiger partial charge in [-0.05, 0) is 28.6 Å². The smallest absolute Gasteiger partial charge is 0.313 e. The van der Waals surface area contributed by atoms with Gasteiger partial charge in [-0.15, -0.1) is 5.10 Å². The largest absolute Gasteiger partial charge is 0.481 e. The van der Waals surface area contributed by atoms with Crippen LogP contribution in [0.15, 0.2) is 23.4 Å². The van der Waals surface area contributed by atoms with Gasteiger partial charge in [0.05, 0.1) is 17.4 Å². The number of carboxylic acids is 1. The lowest BCUT2D eigenvalue weighted by atomic mass is 10.2. The molecule has 0 amide bonds. The van der Waals surface area contributed by atoms with Crippen LogP contribution in [0.1, 0.15) is 5.56 Å². The Hall–Kier alpha value is -2.47. The zero-order valence-corrected chi connectivity index (χ0v) is 10.1. The molecular formula is C10H6FN5O2S. The van der Waals surface area contributed by atoms with Crippen LogP contribution in [-0.4, -0.2) is 37.0 Å². The molecule has 2 rings (SSSR count). The van der Waals surface area contributed by atoms with Crippen LogP contribution in [0.4, 0.5) is 4.39 Å². The summed E-state index contributed by atoms with van der Waals surface area (Å²) < 4.78 is 14.9. The molecule has 0 saturated carbocycles. The molecule has 1 N–H and O–H groups in total. The first-order valence-electron chi connectivity index (χ1n) is 4.95. The highest BCUT2D eigenvalue weighted by Crippen LogP contribution is 2.20. The average molecular weight is 279 g/mol. The Bertz CT molecular complexity index is 666. The number of hydrogen-bond donors (Lipinski definition) is 1. The molecule has 0 aliphatic heterocycles. The summed E-state index contributed by atoms with van der Waals surface area (Å²) in [5, 5.41) is 28.0. The summed E-state index contributed by atoms with van der Waals surface area (Å²) in [5.74, 6) is -1.93. The van der Waals surface area contributed by atoms with Gasteiger partial charge >= 0.3 is 5.97 Å². The number of aromatic nitrogens is 4. The van der Waals surface area contributed by atoms with Crippen LogP contribution in [0.5, 0.6) is 0 Å². The second-order valence-electron chi connectivity index (χ2n) is 3.33. The van der Waals surface area contributed by atoms with E-state index in [2.05, 4.69) is 15.5 Å². The number of nitrogens with zero attached hydrogens (tertiary/aromatic N) is 5. The molecular weight excluding hydrogens is 273 g/mol. The van der Waals surface area contributed by atoms with E-state index in [0.29, 0.717) is 0 Å². The molecule has 0 fully saturated rings. The first kappa shape index (κ1) is 13.0. The normalized spacial score (nSPS) is 10.1. The third-order valence-corrected chi connectivity index (χ3v) is 2.97. The zero-order chi connectivity index (χ0) is 13.8. The van der Waals surface area contributed by atoms with Crippen LogP contribution in [0, 0.1) is 17.1 Å². The van der Waals surface area contributed by atoms with Crippen LogP contribution in [0.3, 0.4) is 0 Å². The number of carboxylic acid groups (broad SMARTS) is 1. The van der Waals surface area contributed by atoms with Gasteiger partial charge in [-0.3, -0.25) is 4.79 Å². The van der Waals surface area contributed by atoms with Crippen LogP contribution in [0.2, 0.25) is 0 Å². The van der Waals surface area contributed by atoms with Crippen molar-refractivity contribution in [3.05, 3.63) is 29.6 Å². The zero-order valence-electron chi connectivity index (χ0n) is 9.32. The van der Waals surface area contributed by atoms with E-state index in [0.717, 1.165) is 22.5 Å². The van der Waals surface area contributed by atoms with Gasteiger partial charge < -0.3 is 5.11 Å². The lowest BCUT2D eigenvalue weighted by Crippen LogP contribution is -2.05. The molecule has 1 aromatic heterocycles. The quantitative estimate of drug-likeness (QED) is 0.827. The standard InChI is InChI=1S/C10H6FN5O2S/c11-7-3-6(4-12)1-2-8(7)16-10(13-14-15-16)19-5-9(17)18/h1-3H,5H2,(H,17,18). The molecule has 0 aliphatic carbocycles. The van der Waals surface area contributed by atoms with Gasteiger partial charge in [0, 0.05) is 0 Å². The molecule has 0 unspecified atom stereocenters. The van der Waals surface area contributed by atoms with Crippen molar-refractivity contribution >= 4 is 17.7 Å². The number of tetrazole rings is 1. The van der Waals surface area contributed by atoms with E-state index in [9.17, 15) is 9.18 Å². The van der Waals surface area contributed by atoms with Crippen molar-refractivity contribution in [3.63, 3.8) is 0 Å². The van der Waals surface area contributed by atoms with Gasteiger partial charge in [-0.2, -0.15) is 9.94 Å². The highest BCUT2D eigenvalue weighted by molar-refractivity contribution is 7.99. The Balaban J connectivity index is 2.35. The summed E-state index contributed by atoms with van der Waals surface area (Å²) in [6, 6.07) is 5.65. The summed E-state index contributed by atoms with van der Waals surface area (Å²) in [5.41, 5.74) is 0.228. The first-order valence-corrected chi connectivity index (χ1v) is 5.93. The maximum atomic E-state index is 13.8. The molecule has 96 valence electrons. The predicted molar refractivity (Wildman–Crippen MR) is 62.2 cm³/mol. The predicted octanol–water partition coefficient (Wildman–Crippen LogP) is 0.850. The Kier molecular flexibility index (Phi) is 3.72. The third-order valence-electron chi connectivity index (χ3n) is 2.07. The summed E-state index contributed by atoms with van der Waals surface area (Å²) >= 11 is 0.871. The number of nitriles is 1. The third kappa shape index (κ3) is 2.86. The van der Waals surface area contributed by atoms with E-state index in [1.165, 1.54) is 12.1 Å². The van der Waals surface area contributed by atoms with Crippen molar-refractivity contribution < 1.29 is 14.3 Å². The molecule has 2 aromatic rings. The summed E-state index contributed by atoms with van der Waals surface area (Å²) in [6.07, 6.45) is 0. The number of hydrogen-bond acceptors (Lipinski definition) is 6. The van der Waals surface area contributed by atoms with Crippen LogP contribution in [0.25, 0.3) is 5.69 Å². The average Bonchev–Trinajstić information content (AvgIpc) is 2.84. The summed E-state index contributed by atoms with van der Waals surface area (Å²) in [7, 11) is 0. The highest BCUT2D eigenvalue weighted by atomic mass is 32.2. The van der Waals surface area contributed by atoms with Gasteiger partial charge in [0.1, 0.15) is 11.5 Å². The first-order chi connectivity index (χ1) is 9.11. The second-order valence-corrected chi connectivity index (χ2v) is 4.28. The van der Waals surface area contributed by atoms with Gasteiger partial charge in [-0.25, -0.2) is 4.39 Å². The maximum Gasteiger partial charge on any atom is 0.313 e. The van der Waals surface area contributed by atoms with E-state index in [-0.39, 0.29) is 22.2 Å². The second kappa shape index (κ2) is 5.45. The SMILES string of the molecule is N#Cc1ccc(-n2nnnc2SCC(=O)O)c(F)c1. The molecule has 0 spiro atoms. The Morgan fingerprint density at radius 3 is 3.00 bits per heavy atom. The summed E-state index contributed by atoms with van der Waals surface area (Å²) in [4.78, 5) is 10.5. The molecule has 0 atom stereocenters. The lowest BCUT2D eigenvalue weighted by molar-refractivity contribution is -0.133. The topological polar surface area (TPSA) is 105 Å². The lowest BCUT2D eigenvalue weighted by Gasteiger charge is -2.04. The van der Waals surface area contributed by atoms with Crippen molar-refractivity contribution in [2.45, 2.75) is 5.16 Å². The number of halogens is 1. The fraction of sp³-hybridized carbons (Fsp3) is 0.100. The van der Waals surface area contributed by atoms with Gasteiger partial charge in [0.2, 0.25) is 5.16 Å². The van der Waals surface area contributed by atoms with Gasteiger partial charge in [0.25, 0.3) is 0 Å².